The molecule has 1 aliphatic heterocycles. The summed E-state index contributed by atoms with van der Waals surface area (Å²) in [6.07, 6.45) is 1.63. The summed E-state index contributed by atoms with van der Waals surface area (Å²) in [7, 11) is 0. The summed E-state index contributed by atoms with van der Waals surface area (Å²) in [6, 6.07) is 2.66. The van der Waals surface area contributed by atoms with Gasteiger partial charge < -0.3 is 10.2 Å². The highest BCUT2D eigenvalue weighted by molar-refractivity contribution is 5.95. The molecule has 1 aliphatic rings. The van der Waals surface area contributed by atoms with Gasteiger partial charge in [0.2, 0.25) is 0 Å². The van der Waals surface area contributed by atoms with E-state index >= 15 is 0 Å². The number of halogens is 2. The normalized spacial score (nSPS) is 22.4. The third-order valence-electron chi connectivity index (χ3n) is 4.22. The zero-order chi connectivity index (χ0) is 15.6. The van der Waals surface area contributed by atoms with Crippen molar-refractivity contribution in [2.24, 2.45) is 0 Å². The third kappa shape index (κ3) is 3.07. The molecule has 1 saturated heterocycles. The Bertz CT molecular complexity index is 533. The van der Waals surface area contributed by atoms with Gasteiger partial charge in [0.15, 0.2) is 0 Å². The molecule has 0 spiro atoms. The summed E-state index contributed by atoms with van der Waals surface area (Å²) < 4.78 is 28.1. The molecule has 3 nitrogen and oxygen atoms in total. The van der Waals surface area contributed by atoms with Crippen molar-refractivity contribution in [2.75, 3.05) is 13.1 Å². The van der Waals surface area contributed by atoms with Gasteiger partial charge in [-0.1, -0.05) is 19.9 Å². The van der Waals surface area contributed by atoms with Crippen molar-refractivity contribution in [3.8, 4) is 0 Å². The molecule has 2 rings (SSSR count). The molecular weight excluding hydrogens is 274 g/mol. The lowest BCUT2D eigenvalue weighted by molar-refractivity contribution is 0.0566. The van der Waals surface area contributed by atoms with Gasteiger partial charge in [-0.2, -0.15) is 0 Å². The number of rotatable bonds is 3. The van der Waals surface area contributed by atoms with Gasteiger partial charge in [0, 0.05) is 25.2 Å². The number of carbonyl (C=O) groups is 1. The Hall–Kier alpha value is -1.49. The van der Waals surface area contributed by atoms with Crippen LogP contribution in [0.3, 0.4) is 0 Å². The van der Waals surface area contributed by atoms with Crippen LogP contribution >= 0.6 is 0 Å². The largest absolute Gasteiger partial charge is 0.333 e. The summed E-state index contributed by atoms with van der Waals surface area (Å²) in [5.74, 6) is -2.08. The van der Waals surface area contributed by atoms with E-state index in [1.54, 1.807) is 4.90 Å². The van der Waals surface area contributed by atoms with Gasteiger partial charge in [0.25, 0.3) is 5.91 Å². The predicted molar refractivity (Wildman–Crippen MR) is 78.3 cm³/mol. The highest BCUT2D eigenvalue weighted by atomic mass is 19.1. The first-order chi connectivity index (χ1) is 9.99. The van der Waals surface area contributed by atoms with E-state index in [9.17, 15) is 13.6 Å². The van der Waals surface area contributed by atoms with Crippen LogP contribution < -0.4 is 5.32 Å². The standard InChI is InChI=1S/C16H22F2N2O/c1-4-11-9-20(12(5-2)8-19-11)16(21)14-13(17)7-6-10(3)15(14)18/h6-7,11-12,19H,4-5,8-9H2,1-3H3. The van der Waals surface area contributed by atoms with Crippen LogP contribution in [0.2, 0.25) is 0 Å². The fourth-order valence-electron chi connectivity index (χ4n) is 2.75. The molecule has 1 aromatic rings. The van der Waals surface area contributed by atoms with Crippen molar-refractivity contribution >= 4 is 5.91 Å². The number of aryl methyl sites for hydroxylation is 1. The van der Waals surface area contributed by atoms with E-state index in [1.165, 1.54) is 13.0 Å². The van der Waals surface area contributed by atoms with Crippen molar-refractivity contribution in [3.63, 3.8) is 0 Å². The van der Waals surface area contributed by atoms with Crippen molar-refractivity contribution in [1.29, 1.82) is 0 Å². The number of hydrogen-bond acceptors (Lipinski definition) is 2. The molecule has 2 unspecified atom stereocenters. The Morgan fingerprint density at radius 2 is 2.05 bits per heavy atom. The summed E-state index contributed by atoms with van der Waals surface area (Å²) in [5, 5.41) is 3.37. The van der Waals surface area contributed by atoms with Crippen molar-refractivity contribution in [3.05, 3.63) is 34.9 Å². The van der Waals surface area contributed by atoms with Crippen LogP contribution in [0, 0.1) is 18.6 Å². The molecule has 1 heterocycles. The van der Waals surface area contributed by atoms with Crippen LogP contribution in [0.25, 0.3) is 0 Å². The average Bonchev–Trinajstić information content (AvgIpc) is 2.50. The van der Waals surface area contributed by atoms with E-state index in [-0.39, 0.29) is 17.6 Å². The quantitative estimate of drug-likeness (QED) is 0.930. The molecule has 1 amide bonds. The monoisotopic (exact) mass is 296 g/mol. The van der Waals surface area contributed by atoms with Crippen LogP contribution in [0.5, 0.6) is 0 Å². The average molecular weight is 296 g/mol. The Balaban J connectivity index is 2.35. The molecule has 0 saturated carbocycles. The maximum absolute atomic E-state index is 14.2. The highest BCUT2D eigenvalue weighted by Gasteiger charge is 2.33. The van der Waals surface area contributed by atoms with E-state index in [0.717, 1.165) is 18.9 Å². The molecule has 1 aromatic carbocycles. The summed E-state index contributed by atoms with van der Waals surface area (Å²) in [5.41, 5.74) is -0.139. The molecule has 5 heteroatoms. The summed E-state index contributed by atoms with van der Waals surface area (Å²) in [4.78, 5) is 14.3. The van der Waals surface area contributed by atoms with E-state index in [4.69, 9.17) is 0 Å². The molecular formula is C16H22F2N2O. The zero-order valence-electron chi connectivity index (χ0n) is 12.7. The molecule has 0 bridgehead atoms. The van der Waals surface area contributed by atoms with Crippen molar-refractivity contribution in [2.45, 2.75) is 45.7 Å². The first kappa shape index (κ1) is 15.9. The van der Waals surface area contributed by atoms with Crippen LogP contribution in [-0.2, 0) is 0 Å². The molecule has 116 valence electrons. The predicted octanol–water partition coefficient (Wildman–Crippen LogP) is 2.88. The molecule has 1 N–H and O–H groups in total. The number of amides is 1. The van der Waals surface area contributed by atoms with E-state index in [0.29, 0.717) is 13.1 Å². The van der Waals surface area contributed by atoms with Crippen LogP contribution in [-0.4, -0.2) is 36.0 Å². The molecule has 21 heavy (non-hydrogen) atoms. The molecule has 2 atom stereocenters. The number of carbonyl (C=O) groups excluding carboxylic acids is 1. The smallest absolute Gasteiger partial charge is 0.260 e. The highest BCUT2D eigenvalue weighted by Crippen LogP contribution is 2.22. The maximum Gasteiger partial charge on any atom is 0.260 e. The number of hydrogen-bond donors (Lipinski definition) is 1. The van der Waals surface area contributed by atoms with Gasteiger partial charge in [-0.3, -0.25) is 4.79 Å². The lowest BCUT2D eigenvalue weighted by atomic mass is 10.0. The molecule has 1 fully saturated rings. The van der Waals surface area contributed by atoms with Gasteiger partial charge in [-0.05, 0) is 31.4 Å². The van der Waals surface area contributed by atoms with Gasteiger partial charge in [0.05, 0.1) is 0 Å². The van der Waals surface area contributed by atoms with E-state index in [2.05, 4.69) is 5.32 Å². The van der Waals surface area contributed by atoms with Crippen LogP contribution in [0.1, 0.15) is 42.6 Å². The second kappa shape index (κ2) is 6.52. The Morgan fingerprint density at radius 3 is 2.67 bits per heavy atom. The van der Waals surface area contributed by atoms with E-state index < -0.39 is 23.1 Å². The van der Waals surface area contributed by atoms with Crippen molar-refractivity contribution in [1.82, 2.24) is 10.2 Å². The fourth-order valence-corrected chi connectivity index (χ4v) is 2.75. The molecule has 0 aliphatic carbocycles. The first-order valence-corrected chi connectivity index (χ1v) is 7.48. The van der Waals surface area contributed by atoms with Crippen LogP contribution in [0.15, 0.2) is 12.1 Å². The Morgan fingerprint density at radius 1 is 1.33 bits per heavy atom. The number of nitrogens with one attached hydrogen (secondary N) is 1. The lowest BCUT2D eigenvalue weighted by Crippen LogP contribution is -2.58. The first-order valence-electron chi connectivity index (χ1n) is 7.48. The minimum absolute atomic E-state index is 0.0281. The SMILES string of the molecule is CCC1CN(C(=O)c2c(F)ccc(C)c2F)C(CC)CN1. The summed E-state index contributed by atoms with van der Waals surface area (Å²) >= 11 is 0. The number of benzene rings is 1. The minimum Gasteiger partial charge on any atom is -0.333 e. The van der Waals surface area contributed by atoms with Crippen LogP contribution in [0.4, 0.5) is 8.78 Å². The fraction of sp³-hybridized carbons (Fsp3) is 0.562. The second-order valence-electron chi connectivity index (χ2n) is 5.59. The summed E-state index contributed by atoms with van der Waals surface area (Å²) in [6.45, 7) is 6.69. The minimum atomic E-state index is -0.787. The number of nitrogens with zero attached hydrogens (tertiary/aromatic N) is 1. The molecule has 0 radical (unpaired) electrons. The van der Waals surface area contributed by atoms with Crippen molar-refractivity contribution < 1.29 is 13.6 Å². The van der Waals surface area contributed by atoms with Gasteiger partial charge in [0.1, 0.15) is 17.2 Å². The zero-order valence-corrected chi connectivity index (χ0v) is 12.7. The maximum atomic E-state index is 14.2. The molecule has 0 aromatic heterocycles. The van der Waals surface area contributed by atoms with E-state index in [1.807, 2.05) is 13.8 Å². The van der Waals surface area contributed by atoms with Gasteiger partial charge in [-0.15, -0.1) is 0 Å². The number of piperazine rings is 1. The van der Waals surface area contributed by atoms with Gasteiger partial charge in [-0.25, -0.2) is 8.78 Å². The third-order valence-corrected chi connectivity index (χ3v) is 4.22. The second-order valence-corrected chi connectivity index (χ2v) is 5.59. The Kier molecular flexibility index (Phi) is 4.93. The Labute approximate surface area is 124 Å². The topological polar surface area (TPSA) is 32.3 Å². The lowest BCUT2D eigenvalue weighted by Gasteiger charge is -2.40. The van der Waals surface area contributed by atoms with Gasteiger partial charge >= 0.3 is 0 Å².